The highest BCUT2D eigenvalue weighted by molar-refractivity contribution is 5.48. The van der Waals surface area contributed by atoms with E-state index in [2.05, 4.69) is 34.2 Å². The third-order valence-electron chi connectivity index (χ3n) is 3.67. The van der Waals surface area contributed by atoms with Crippen LogP contribution in [0, 0.1) is 5.92 Å². The van der Waals surface area contributed by atoms with Crippen molar-refractivity contribution in [3.05, 3.63) is 12.4 Å². The number of hydrogen-bond donors (Lipinski definition) is 2. The Morgan fingerprint density at radius 3 is 2.89 bits per heavy atom. The smallest absolute Gasteiger partial charge is 0.134 e. The van der Waals surface area contributed by atoms with Gasteiger partial charge in [0.2, 0.25) is 0 Å². The first-order valence-electron chi connectivity index (χ1n) is 6.69. The summed E-state index contributed by atoms with van der Waals surface area (Å²) >= 11 is 0. The van der Waals surface area contributed by atoms with Gasteiger partial charge in [-0.15, -0.1) is 0 Å². The zero-order valence-electron chi connectivity index (χ0n) is 11.3. The van der Waals surface area contributed by atoms with E-state index in [4.69, 9.17) is 5.73 Å². The van der Waals surface area contributed by atoms with E-state index in [0.29, 0.717) is 18.5 Å². The molecule has 1 saturated carbocycles. The molecule has 0 saturated heterocycles. The molecule has 0 bridgehead atoms. The number of hydrogen-bond acceptors (Lipinski definition) is 5. The first-order valence-corrected chi connectivity index (χ1v) is 6.69. The number of anilines is 2. The fourth-order valence-electron chi connectivity index (χ4n) is 1.96. The van der Waals surface area contributed by atoms with E-state index in [9.17, 15) is 0 Å². The van der Waals surface area contributed by atoms with Gasteiger partial charge >= 0.3 is 0 Å². The zero-order valence-corrected chi connectivity index (χ0v) is 11.3. The van der Waals surface area contributed by atoms with E-state index < -0.39 is 0 Å². The minimum absolute atomic E-state index is 0.452. The van der Waals surface area contributed by atoms with Crippen LogP contribution in [-0.2, 0) is 0 Å². The first kappa shape index (κ1) is 13.1. The summed E-state index contributed by atoms with van der Waals surface area (Å²) in [5, 5.41) is 3.31. The van der Waals surface area contributed by atoms with Gasteiger partial charge in [-0.05, 0) is 31.7 Å². The largest absolute Gasteiger partial charge is 0.370 e. The van der Waals surface area contributed by atoms with E-state index in [1.807, 2.05) is 6.07 Å². The molecule has 1 aromatic heterocycles. The molecule has 18 heavy (non-hydrogen) atoms. The molecule has 0 aromatic carbocycles. The molecule has 1 aromatic rings. The molecule has 1 atom stereocenters. The van der Waals surface area contributed by atoms with Crippen molar-refractivity contribution >= 4 is 11.6 Å². The third kappa shape index (κ3) is 3.10. The second kappa shape index (κ2) is 6.00. The molecule has 0 radical (unpaired) electrons. The highest BCUT2D eigenvalue weighted by Crippen LogP contribution is 2.27. The van der Waals surface area contributed by atoms with Gasteiger partial charge in [0.25, 0.3) is 0 Å². The van der Waals surface area contributed by atoms with Crippen molar-refractivity contribution in [3.63, 3.8) is 0 Å². The van der Waals surface area contributed by atoms with Gasteiger partial charge in [-0.25, -0.2) is 9.97 Å². The molecule has 5 heteroatoms. The molecule has 100 valence electrons. The number of aromatic nitrogens is 2. The van der Waals surface area contributed by atoms with Gasteiger partial charge in [0, 0.05) is 25.7 Å². The summed E-state index contributed by atoms with van der Waals surface area (Å²) in [6.07, 6.45) is 5.50. The van der Waals surface area contributed by atoms with Crippen LogP contribution >= 0.6 is 0 Å². The molecule has 5 nitrogen and oxygen atoms in total. The van der Waals surface area contributed by atoms with E-state index in [1.165, 1.54) is 19.3 Å². The van der Waals surface area contributed by atoms with E-state index in [-0.39, 0.29) is 0 Å². The van der Waals surface area contributed by atoms with Crippen molar-refractivity contribution in [3.8, 4) is 0 Å². The summed E-state index contributed by atoms with van der Waals surface area (Å²) < 4.78 is 0. The summed E-state index contributed by atoms with van der Waals surface area (Å²) in [5.74, 6) is 2.33. The number of rotatable bonds is 6. The Balaban J connectivity index is 1.95. The van der Waals surface area contributed by atoms with Crippen molar-refractivity contribution in [2.75, 3.05) is 30.4 Å². The van der Waals surface area contributed by atoms with Crippen LogP contribution in [-0.4, -0.2) is 36.1 Å². The highest BCUT2D eigenvalue weighted by Gasteiger charge is 2.23. The Kier molecular flexibility index (Phi) is 4.36. The molecule has 1 aliphatic rings. The van der Waals surface area contributed by atoms with Crippen LogP contribution in [0.1, 0.15) is 26.2 Å². The van der Waals surface area contributed by atoms with Gasteiger partial charge in [0.1, 0.15) is 18.0 Å². The lowest BCUT2D eigenvalue weighted by Crippen LogP contribution is -2.37. The topological polar surface area (TPSA) is 67.1 Å². The van der Waals surface area contributed by atoms with Crippen LogP contribution in [0.15, 0.2) is 12.4 Å². The van der Waals surface area contributed by atoms with Gasteiger partial charge in [-0.3, -0.25) is 0 Å². The predicted molar refractivity (Wildman–Crippen MR) is 74.8 cm³/mol. The second-order valence-electron chi connectivity index (χ2n) is 5.18. The minimum atomic E-state index is 0.452. The Morgan fingerprint density at radius 1 is 1.50 bits per heavy atom. The fraction of sp³-hybridized carbons (Fsp3) is 0.692. The summed E-state index contributed by atoms with van der Waals surface area (Å²) in [7, 11) is 2.11. The molecule has 2 rings (SSSR count). The summed E-state index contributed by atoms with van der Waals surface area (Å²) in [4.78, 5) is 10.8. The monoisotopic (exact) mass is 249 g/mol. The lowest BCUT2D eigenvalue weighted by molar-refractivity contribution is 0.399. The van der Waals surface area contributed by atoms with Crippen LogP contribution in [0.2, 0.25) is 0 Å². The first-order chi connectivity index (χ1) is 8.70. The zero-order chi connectivity index (χ0) is 13.0. The Bertz CT molecular complexity index is 377. The van der Waals surface area contributed by atoms with E-state index >= 15 is 0 Å². The van der Waals surface area contributed by atoms with Crippen LogP contribution in [0.5, 0.6) is 0 Å². The van der Waals surface area contributed by atoms with E-state index in [1.54, 1.807) is 6.33 Å². The molecule has 3 N–H and O–H groups in total. The van der Waals surface area contributed by atoms with Gasteiger partial charge in [-0.2, -0.15) is 0 Å². The van der Waals surface area contributed by atoms with Gasteiger partial charge in [0.05, 0.1) is 0 Å². The van der Waals surface area contributed by atoms with Crippen LogP contribution in [0.25, 0.3) is 0 Å². The maximum atomic E-state index is 5.60. The minimum Gasteiger partial charge on any atom is -0.370 e. The number of nitrogens with zero attached hydrogens (tertiary/aromatic N) is 3. The summed E-state index contributed by atoms with van der Waals surface area (Å²) in [5.41, 5.74) is 5.60. The molecule has 0 aliphatic heterocycles. The second-order valence-corrected chi connectivity index (χ2v) is 5.18. The summed E-state index contributed by atoms with van der Waals surface area (Å²) in [6, 6.07) is 2.66. The fourth-order valence-corrected chi connectivity index (χ4v) is 1.96. The van der Waals surface area contributed by atoms with Crippen molar-refractivity contribution in [2.45, 2.75) is 32.2 Å². The average molecular weight is 249 g/mol. The Hall–Kier alpha value is -1.36. The average Bonchev–Trinajstić information content (AvgIpc) is 2.34. The normalized spacial score (nSPS) is 17.1. The highest BCUT2D eigenvalue weighted by atomic mass is 15.2. The lowest BCUT2D eigenvalue weighted by atomic mass is 9.92. The molecule has 1 heterocycles. The molecule has 1 fully saturated rings. The Morgan fingerprint density at radius 2 is 2.28 bits per heavy atom. The van der Waals surface area contributed by atoms with Crippen LogP contribution in [0.4, 0.5) is 11.6 Å². The molecule has 1 aliphatic carbocycles. The molecule has 1 unspecified atom stereocenters. The van der Waals surface area contributed by atoms with Crippen LogP contribution < -0.4 is 16.0 Å². The SMILES string of the molecule is CC(CN)CNc1cc(N(C)C2CCC2)ncn1. The van der Waals surface area contributed by atoms with Crippen molar-refractivity contribution < 1.29 is 0 Å². The standard InChI is InChI=1S/C13H23N5/c1-10(7-14)8-15-12-6-13(17-9-16-12)18(2)11-4-3-5-11/h6,9-11H,3-5,7-8,14H2,1-2H3,(H,15,16,17). The quantitative estimate of drug-likeness (QED) is 0.799. The lowest BCUT2D eigenvalue weighted by Gasteiger charge is -2.35. The predicted octanol–water partition coefficient (Wildman–Crippen LogP) is 1.47. The summed E-state index contributed by atoms with van der Waals surface area (Å²) in [6.45, 7) is 3.66. The van der Waals surface area contributed by atoms with Gasteiger partial charge in [0.15, 0.2) is 0 Å². The van der Waals surface area contributed by atoms with Gasteiger partial charge < -0.3 is 16.0 Å². The van der Waals surface area contributed by atoms with Crippen molar-refractivity contribution in [1.82, 2.24) is 9.97 Å². The molecule has 0 spiro atoms. The molecule has 0 amide bonds. The molecular weight excluding hydrogens is 226 g/mol. The van der Waals surface area contributed by atoms with Gasteiger partial charge in [-0.1, -0.05) is 6.92 Å². The number of nitrogens with two attached hydrogens (primary N) is 1. The number of nitrogens with one attached hydrogen (secondary N) is 1. The molecular formula is C13H23N5. The maximum Gasteiger partial charge on any atom is 0.134 e. The van der Waals surface area contributed by atoms with Crippen molar-refractivity contribution in [1.29, 1.82) is 0 Å². The third-order valence-corrected chi connectivity index (χ3v) is 3.67. The van der Waals surface area contributed by atoms with Crippen LogP contribution in [0.3, 0.4) is 0 Å². The van der Waals surface area contributed by atoms with Crippen molar-refractivity contribution in [2.24, 2.45) is 11.7 Å². The Labute approximate surface area is 109 Å². The maximum absolute atomic E-state index is 5.60. The van der Waals surface area contributed by atoms with E-state index in [0.717, 1.165) is 18.2 Å².